The van der Waals surface area contributed by atoms with Gasteiger partial charge in [-0.25, -0.2) is 4.57 Å². The minimum Gasteiger partial charge on any atom is -0.396 e. The summed E-state index contributed by atoms with van der Waals surface area (Å²) < 4.78 is 29.0. The molecule has 1 N–H and O–H groups in total. The molecular formula is C16H19O5P. The van der Waals surface area contributed by atoms with Crippen LogP contribution in [0.5, 0.6) is 11.5 Å². The van der Waals surface area contributed by atoms with E-state index in [4.69, 9.17) is 18.7 Å². The fourth-order valence-corrected chi connectivity index (χ4v) is 2.94. The Morgan fingerprint density at radius 2 is 1.32 bits per heavy atom. The van der Waals surface area contributed by atoms with Gasteiger partial charge in [0.15, 0.2) is 0 Å². The summed E-state index contributed by atoms with van der Waals surface area (Å²) in [5.74, 6) is 0.813. The van der Waals surface area contributed by atoms with Gasteiger partial charge in [0.25, 0.3) is 0 Å². The van der Waals surface area contributed by atoms with Crippen molar-refractivity contribution in [2.24, 2.45) is 0 Å². The van der Waals surface area contributed by atoms with Crippen LogP contribution < -0.4 is 9.05 Å². The first-order chi connectivity index (χ1) is 10.7. The molecule has 0 saturated heterocycles. The zero-order valence-electron chi connectivity index (χ0n) is 12.1. The molecule has 0 fully saturated rings. The van der Waals surface area contributed by atoms with Gasteiger partial charge in [-0.15, -0.1) is 0 Å². The van der Waals surface area contributed by atoms with E-state index in [0.29, 0.717) is 24.3 Å². The molecule has 0 aromatic heterocycles. The lowest BCUT2D eigenvalue weighted by Gasteiger charge is -2.19. The highest BCUT2D eigenvalue weighted by molar-refractivity contribution is 7.49. The molecule has 6 heteroatoms. The van der Waals surface area contributed by atoms with Gasteiger partial charge in [0.1, 0.15) is 11.5 Å². The van der Waals surface area contributed by atoms with Crippen LogP contribution in [0, 0.1) is 0 Å². The minimum absolute atomic E-state index is 0.0622. The Hall–Kier alpha value is -1.81. The number of para-hydroxylation sites is 2. The molecule has 0 aliphatic carbocycles. The fourth-order valence-electron chi connectivity index (χ4n) is 1.68. The average Bonchev–Trinajstić information content (AvgIpc) is 2.53. The zero-order valence-corrected chi connectivity index (χ0v) is 13.0. The summed E-state index contributed by atoms with van der Waals surface area (Å²) in [5, 5.41) is 8.78. The average molecular weight is 322 g/mol. The van der Waals surface area contributed by atoms with Crippen molar-refractivity contribution >= 4 is 7.82 Å². The van der Waals surface area contributed by atoms with Gasteiger partial charge in [-0.2, -0.15) is 0 Å². The lowest BCUT2D eigenvalue weighted by molar-refractivity contribution is 0.196. The van der Waals surface area contributed by atoms with Gasteiger partial charge in [0.05, 0.1) is 6.61 Å². The summed E-state index contributed by atoms with van der Waals surface area (Å²) in [6.45, 7) is 0.240. The van der Waals surface area contributed by atoms with Gasteiger partial charge in [-0.3, -0.25) is 4.52 Å². The first kappa shape index (κ1) is 16.6. The molecule has 0 amide bonds. The second kappa shape index (κ2) is 8.59. The summed E-state index contributed by atoms with van der Waals surface area (Å²) in [5.41, 5.74) is 0. The smallest absolute Gasteiger partial charge is 0.396 e. The Kier molecular flexibility index (Phi) is 6.46. The number of phosphoric ester groups is 1. The standard InChI is InChI=1S/C16H19O5P/c17-13-7-8-14-19-22(18,20-15-9-3-1-4-10-15)21-16-11-5-2-6-12-16/h1-6,9-12,17H,7-8,13-14H2. The van der Waals surface area contributed by atoms with Crippen LogP contribution in [0.3, 0.4) is 0 Å². The lowest BCUT2D eigenvalue weighted by atomic mass is 10.3. The highest BCUT2D eigenvalue weighted by atomic mass is 31.2. The highest BCUT2D eigenvalue weighted by Crippen LogP contribution is 2.49. The van der Waals surface area contributed by atoms with Crippen LogP contribution in [-0.4, -0.2) is 18.3 Å². The normalized spacial score (nSPS) is 11.1. The van der Waals surface area contributed by atoms with E-state index in [1.165, 1.54) is 0 Å². The molecule has 0 atom stereocenters. The molecule has 0 unspecified atom stereocenters. The number of phosphoric acid groups is 1. The second-order valence-corrected chi connectivity index (χ2v) is 6.04. The number of aliphatic hydroxyl groups excluding tert-OH is 1. The molecule has 118 valence electrons. The molecule has 2 aromatic rings. The minimum atomic E-state index is -3.78. The van der Waals surface area contributed by atoms with Crippen molar-refractivity contribution in [2.75, 3.05) is 13.2 Å². The van der Waals surface area contributed by atoms with Gasteiger partial charge in [-0.05, 0) is 37.1 Å². The largest absolute Gasteiger partial charge is 0.587 e. The molecule has 0 radical (unpaired) electrons. The van der Waals surface area contributed by atoms with Crippen molar-refractivity contribution in [3.8, 4) is 11.5 Å². The number of rotatable bonds is 9. The van der Waals surface area contributed by atoms with Gasteiger partial charge < -0.3 is 14.2 Å². The predicted molar refractivity (Wildman–Crippen MR) is 84.0 cm³/mol. The van der Waals surface area contributed by atoms with E-state index in [9.17, 15) is 4.57 Å². The van der Waals surface area contributed by atoms with E-state index in [2.05, 4.69) is 0 Å². The molecule has 2 aromatic carbocycles. The summed E-state index contributed by atoms with van der Waals surface area (Å²) >= 11 is 0. The number of hydrogen-bond acceptors (Lipinski definition) is 5. The Bertz CT molecular complexity index is 542. The summed E-state index contributed by atoms with van der Waals surface area (Å²) in [6, 6.07) is 17.5. The van der Waals surface area contributed by atoms with E-state index < -0.39 is 7.82 Å². The molecule has 2 rings (SSSR count). The van der Waals surface area contributed by atoms with Crippen molar-refractivity contribution in [3.05, 3.63) is 60.7 Å². The SMILES string of the molecule is O=P(OCCCCO)(Oc1ccccc1)Oc1ccccc1. The molecule has 0 aliphatic rings. The van der Waals surface area contributed by atoms with Crippen molar-refractivity contribution in [1.29, 1.82) is 0 Å². The number of aliphatic hydroxyl groups is 1. The molecule has 0 bridgehead atoms. The third-order valence-corrected chi connectivity index (χ3v) is 4.09. The molecule has 0 spiro atoms. The third-order valence-electron chi connectivity index (χ3n) is 2.72. The summed E-state index contributed by atoms with van der Waals surface area (Å²) in [4.78, 5) is 0. The molecular weight excluding hydrogens is 303 g/mol. The van der Waals surface area contributed by atoms with Crippen LogP contribution in [-0.2, 0) is 9.09 Å². The Balaban J connectivity index is 2.07. The van der Waals surface area contributed by atoms with Crippen molar-refractivity contribution in [3.63, 3.8) is 0 Å². The summed E-state index contributed by atoms with van der Waals surface area (Å²) in [7, 11) is -3.78. The highest BCUT2D eigenvalue weighted by Gasteiger charge is 2.30. The Morgan fingerprint density at radius 3 is 1.77 bits per heavy atom. The Morgan fingerprint density at radius 1 is 0.818 bits per heavy atom. The topological polar surface area (TPSA) is 65.0 Å². The third kappa shape index (κ3) is 5.53. The molecule has 0 saturated carbocycles. The van der Waals surface area contributed by atoms with Gasteiger partial charge in [0.2, 0.25) is 0 Å². The van der Waals surface area contributed by atoms with Gasteiger partial charge in [0, 0.05) is 6.61 Å². The van der Waals surface area contributed by atoms with E-state index in [1.54, 1.807) is 48.5 Å². The van der Waals surface area contributed by atoms with E-state index >= 15 is 0 Å². The van der Waals surface area contributed by atoms with Crippen LogP contribution in [0.15, 0.2) is 60.7 Å². The van der Waals surface area contributed by atoms with E-state index in [1.807, 2.05) is 12.1 Å². The van der Waals surface area contributed by atoms with Crippen LogP contribution in [0.4, 0.5) is 0 Å². The quantitative estimate of drug-likeness (QED) is 0.557. The van der Waals surface area contributed by atoms with Crippen LogP contribution in [0.1, 0.15) is 12.8 Å². The molecule has 22 heavy (non-hydrogen) atoms. The zero-order chi connectivity index (χ0) is 15.7. The predicted octanol–water partition coefficient (Wildman–Crippen LogP) is 4.04. The van der Waals surface area contributed by atoms with E-state index in [-0.39, 0.29) is 13.2 Å². The molecule has 0 heterocycles. The maximum absolute atomic E-state index is 12.8. The van der Waals surface area contributed by atoms with Crippen LogP contribution in [0.25, 0.3) is 0 Å². The van der Waals surface area contributed by atoms with E-state index in [0.717, 1.165) is 0 Å². The van der Waals surface area contributed by atoms with Gasteiger partial charge in [-0.1, -0.05) is 36.4 Å². The van der Waals surface area contributed by atoms with Crippen molar-refractivity contribution in [1.82, 2.24) is 0 Å². The number of benzene rings is 2. The maximum Gasteiger partial charge on any atom is 0.587 e. The Labute approximate surface area is 130 Å². The first-order valence-electron chi connectivity index (χ1n) is 7.06. The molecule has 0 aliphatic heterocycles. The maximum atomic E-state index is 12.8. The first-order valence-corrected chi connectivity index (χ1v) is 8.53. The number of unbranched alkanes of at least 4 members (excludes halogenated alkanes) is 1. The van der Waals surface area contributed by atoms with Crippen molar-refractivity contribution < 1.29 is 23.2 Å². The second-order valence-electron chi connectivity index (χ2n) is 4.52. The number of hydrogen-bond donors (Lipinski definition) is 1. The lowest BCUT2D eigenvalue weighted by Crippen LogP contribution is -2.06. The van der Waals surface area contributed by atoms with Crippen LogP contribution in [0.2, 0.25) is 0 Å². The fraction of sp³-hybridized carbons (Fsp3) is 0.250. The monoisotopic (exact) mass is 322 g/mol. The van der Waals surface area contributed by atoms with Gasteiger partial charge >= 0.3 is 7.82 Å². The van der Waals surface area contributed by atoms with Crippen LogP contribution >= 0.6 is 7.82 Å². The molecule has 5 nitrogen and oxygen atoms in total. The van der Waals surface area contributed by atoms with Crippen molar-refractivity contribution in [2.45, 2.75) is 12.8 Å². The summed E-state index contributed by atoms with van der Waals surface area (Å²) in [6.07, 6.45) is 1.13.